The third-order valence-corrected chi connectivity index (χ3v) is 4.53. The van der Waals surface area contributed by atoms with Gasteiger partial charge in [0.15, 0.2) is 0 Å². The fraction of sp³-hybridized carbons (Fsp3) is 0.684. The monoisotopic (exact) mass is 290 g/mol. The summed E-state index contributed by atoms with van der Waals surface area (Å²) in [5.41, 5.74) is 10.3. The summed E-state index contributed by atoms with van der Waals surface area (Å²) in [6.07, 6.45) is 2.37. The number of nitrogens with two attached hydrogens (primary N) is 1. The van der Waals surface area contributed by atoms with E-state index < -0.39 is 0 Å². The summed E-state index contributed by atoms with van der Waals surface area (Å²) >= 11 is 0. The molecule has 0 radical (unpaired) electrons. The highest BCUT2D eigenvalue weighted by molar-refractivity contribution is 5.32. The van der Waals surface area contributed by atoms with Crippen molar-refractivity contribution in [3.63, 3.8) is 0 Å². The molecule has 0 saturated carbocycles. The van der Waals surface area contributed by atoms with Gasteiger partial charge in [-0.15, -0.1) is 0 Å². The van der Waals surface area contributed by atoms with E-state index in [1.807, 2.05) is 0 Å². The SMILES string of the molecule is CCC(CC)N(CC(C)C)C(CN)c1ccc(C)c(C)c1. The molecule has 0 spiro atoms. The predicted octanol–water partition coefficient (Wildman–Crippen LogP) is 4.45. The minimum Gasteiger partial charge on any atom is -0.329 e. The van der Waals surface area contributed by atoms with Crippen LogP contribution in [-0.2, 0) is 0 Å². The largest absolute Gasteiger partial charge is 0.329 e. The van der Waals surface area contributed by atoms with Crippen LogP contribution in [-0.4, -0.2) is 24.0 Å². The quantitative estimate of drug-likeness (QED) is 0.766. The lowest BCUT2D eigenvalue weighted by Gasteiger charge is -2.38. The summed E-state index contributed by atoms with van der Waals surface area (Å²) < 4.78 is 0. The number of rotatable bonds is 8. The molecule has 1 unspecified atom stereocenters. The molecule has 0 saturated heterocycles. The van der Waals surface area contributed by atoms with E-state index in [2.05, 4.69) is 64.6 Å². The Morgan fingerprint density at radius 2 is 1.67 bits per heavy atom. The molecule has 2 heteroatoms. The molecule has 0 aromatic heterocycles. The lowest BCUT2D eigenvalue weighted by Crippen LogP contribution is -2.43. The summed E-state index contributed by atoms with van der Waals surface area (Å²) in [5.74, 6) is 0.659. The third kappa shape index (κ3) is 4.82. The number of aryl methyl sites for hydroxylation is 2. The molecule has 0 heterocycles. The van der Waals surface area contributed by atoms with Gasteiger partial charge in [0.2, 0.25) is 0 Å². The molecular weight excluding hydrogens is 256 g/mol. The van der Waals surface area contributed by atoms with Gasteiger partial charge in [-0.05, 0) is 49.3 Å². The van der Waals surface area contributed by atoms with E-state index in [4.69, 9.17) is 5.73 Å². The van der Waals surface area contributed by atoms with Gasteiger partial charge in [0.1, 0.15) is 0 Å². The van der Waals surface area contributed by atoms with Crippen molar-refractivity contribution in [1.82, 2.24) is 4.90 Å². The first kappa shape index (κ1) is 18.2. The molecule has 1 rings (SSSR count). The van der Waals surface area contributed by atoms with E-state index in [0.717, 1.165) is 6.54 Å². The van der Waals surface area contributed by atoms with Crippen LogP contribution in [0.5, 0.6) is 0 Å². The van der Waals surface area contributed by atoms with Crippen molar-refractivity contribution in [3.05, 3.63) is 34.9 Å². The molecule has 21 heavy (non-hydrogen) atoms. The second-order valence-electron chi connectivity index (χ2n) is 6.66. The number of hydrogen-bond donors (Lipinski definition) is 1. The van der Waals surface area contributed by atoms with E-state index in [0.29, 0.717) is 24.5 Å². The Morgan fingerprint density at radius 3 is 2.10 bits per heavy atom. The van der Waals surface area contributed by atoms with E-state index in [1.54, 1.807) is 0 Å². The molecule has 0 bridgehead atoms. The lowest BCUT2D eigenvalue weighted by atomic mass is 9.96. The van der Waals surface area contributed by atoms with Crippen molar-refractivity contribution in [1.29, 1.82) is 0 Å². The maximum atomic E-state index is 6.18. The molecule has 1 aromatic rings. The van der Waals surface area contributed by atoms with Crippen LogP contribution in [0.3, 0.4) is 0 Å². The van der Waals surface area contributed by atoms with Crippen molar-refractivity contribution < 1.29 is 0 Å². The summed E-state index contributed by atoms with van der Waals surface area (Å²) in [7, 11) is 0. The van der Waals surface area contributed by atoms with Crippen molar-refractivity contribution in [2.24, 2.45) is 11.7 Å². The summed E-state index contributed by atoms with van der Waals surface area (Å²) in [6.45, 7) is 15.3. The van der Waals surface area contributed by atoms with Crippen LogP contribution in [0.1, 0.15) is 63.3 Å². The summed E-state index contributed by atoms with van der Waals surface area (Å²) in [5, 5.41) is 0. The summed E-state index contributed by atoms with van der Waals surface area (Å²) in [6, 6.07) is 7.76. The predicted molar refractivity (Wildman–Crippen MR) is 93.6 cm³/mol. The van der Waals surface area contributed by atoms with E-state index in [9.17, 15) is 0 Å². The Morgan fingerprint density at radius 1 is 1.05 bits per heavy atom. The van der Waals surface area contributed by atoms with E-state index in [1.165, 1.54) is 29.5 Å². The van der Waals surface area contributed by atoms with Crippen molar-refractivity contribution >= 4 is 0 Å². The fourth-order valence-corrected chi connectivity index (χ4v) is 3.14. The molecule has 2 N–H and O–H groups in total. The molecule has 120 valence electrons. The van der Waals surface area contributed by atoms with E-state index >= 15 is 0 Å². The molecule has 0 aliphatic carbocycles. The molecule has 2 nitrogen and oxygen atoms in total. The van der Waals surface area contributed by atoms with Gasteiger partial charge in [-0.3, -0.25) is 4.90 Å². The van der Waals surface area contributed by atoms with Crippen LogP contribution in [0.2, 0.25) is 0 Å². The second-order valence-corrected chi connectivity index (χ2v) is 6.66. The average Bonchev–Trinajstić information content (AvgIpc) is 2.44. The first-order valence-electron chi connectivity index (χ1n) is 8.47. The smallest absolute Gasteiger partial charge is 0.0473 e. The van der Waals surface area contributed by atoms with Gasteiger partial charge in [0, 0.05) is 25.2 Å². The maximum absolute atomic E-state index is 6.18. The zero-order valence-electron chi connectivity index (χ0n) is 14.8. The highest BCUT2D eigenvalue weighted by Gasteiger charge is 2.25. The Kier molecular flexibility index (Phi) is 7.41. The van der Waals surface area contributed by atoms with Gasteiger partial charge >= 0.3 is 0 Å². The van der Waals surface area contributed by atoms with Gasteiger partial charge in [-0.25, -0.2) is 0 Å². The second kappa shape index (κ2) is 8.55. The molecule has 1 aromatic carbocycles. The zero-order chi connectivity index (χ0) is 16.0. The van der Waals surface area contributed by atoms with Crippen LogP contribution in [0.25, 0.3) is 0 Å². The van der Waals surface area contributed by atoms with Gasteiger partial charge in [0.25, 0.3) is 0 Å². The van der Waals surface area contributed by atoms with Gasteiger partial charge < -0.3 is 5.73 Å². The van der Waals surface area contributed by atoms with Crippen LogP contribution < -0.4 is 5.73 Å². The Balaban J connectivity index is 3.12. The van der Waals surface area contributed by atoms with Crippen LogP contribution >= 0.6 is 0 Å². The molecular formula is C19H34N2. The average molecular weight is 290 g/mol. The minimum absolute atomic E-state index is 0.330. The number of nitrogens with zero attached hydrogens (tertiary/aromatic N) is 1. The van der Waals surface area contributed by atoms with Crippen molar-refractivity contribution in [2.75, 3.05) is 13.1 Å². The van der Waals surface area contributed by atoms with Gasteiger partial charge in [-0.1, -0.05) is 45.9 Å². The lowest BCUT2D eigenvalue weighted by molar-refractivity contribution is 0.112. The first-order valence-corrected chi connectivity index (χ1v) is 8.47. The number of benzene rings is 1. The van der Waals surface area contributed by atoms with Crippen LogP contribution in [0.15, 0.2) is 18.2 Å². The number of hydrogen-bond acceptors (Lipinski definition) is 2. The Hall–Kier alpha value is -0.860. The highest BCUT2D eigenvalue weighted by atomic mass is 15.2. The fourth-order valence-electron chi connectivity index (χ4n) is 3.14. The standard InChI is InChI=1S/C19H34N2/c1-7-18(8-2)21(13-14(3)4)19(12-20)17-10-9-15(5)16(6)11-17/h9-11,14,18-19H,7-8,12-13,20H2,1-6H3. The van der Waals surface area contributed by atoms with Gasteiger partial charge in [-0.2, -0.15) is 0 Å². The molecule has 0 aliphatic rings. The Labute approximate surface area is 131 Å². The zero-order valence-corrected chi connectivity index (χ0v) is 14.8. The van der Waals surface area contributed by atoms with Crippen molar-refractivity contribution in [2.45, 2.75) is 66.5 Å². The molecule has 0 fully saturated rings. The van der Waals surface area contributed by atoms with E-state index in [-0.39, 0.29) is 0 Å². The Bertz CT molecular complexity index is 422. The third-order valence-electron chi connectivity index (χ3n) is 4.53. The maximum Gasteiger partial charge on any atom is 0.0473 e. The molecule has 0 amide bonds. The first-order chi connectivity index (χ1) is 9.94. The molecule has 1 atom stereocenters. The topological polar surface area (TPSA) is 29.3 Å². The van der Waals surface area contributed by atoms with Crippen LogP contribution in [0, 0.1) is 19.8 Å². The minimum atomic E-state index is 0.330. The summed E-state index contributed by atoms with van der Waals surface area (Å²) in [4.78, 5) is 2.63. The normalized spacial score (nSPS) is 13.4. The van der Waals surface area contributed by atoms with Gasteiger partial charge in [0.05, 0.1) is 0 Å². The highest BCUT2D eigenvalue weighted by Crippen LogP contribution is 2.27. The molecule has 0 aliphatic heterocycles. The van der Waals surface area contributed by atoms with Crippen LogP contribution in [0.4, 0.5) is 0 Å². The van der Waals surface area contributed by atoms with Crippen molar-refractivity contribution in [3.8, 4) is 0 Å².